The molecule has 8 heteroatoms. The van der Waals surface area contributed by atoms with Gasteiger partial charge in [0.2, 0.25) is 5.88 Å². The maximum atomic E-state index is 11.6. The number of rotatable bonds is 4. The molecular formula is C18H16N4O3S. The van der Waals surface area contributed by atoms with Crippen LogP contribution in [0.5, 0.6) is 5.88 Å². The van der Waals surface area contributed by atoms with Gasteiger partial charge in [0.25, 0.3) is 0 Å². The summed E-state index contributed by atoms with van der Waals surface area (Å²) in [5, 5.41) is 4.67. The third-order valence-electron chi connectivity index (χ3n) is 4.02. The Morgan fingerprint density at radius 2 is 2.04 bits per heavy atom. The van der Waals surface area contributed by atoms with Crippen LogP contribution in [0.3, 0.4) is 0 Å². The Kier molecular flexibility index (Phi) is 4.18. The third-order valence-corrected chi connectivity index (χ3v) is 4.77. The van der Waals surface area contributed by atoms with Crippen molar-refractivity contribution in [3.8, 4) is 11.6 Å². The predicted octanol–water partition coefficient (Wildman–Crippen LogP) is 2.89. The molecule has 1 aromatic carbocycles. The number of allylic oxidation sites excluding steroid dienone is 3. The number of fused-ring (bicyclic) bond motifs is 1. The summed E-state index contributed by atoms with van der Waals surface area (Å²) in [6, 6.07) is 8.89. The van der Waals surface area contributed by atoms with Crippen molar-refractivity contribution < 1.29 is 14.3 Å². The van der Waals surface area contributed by atoms with E-state index in [-0.39, 0.29) is 5.97 Å². The summed E-state index contributed by atoms with van der Waals surface area (Å²) in [5.41, 5.74) is 4.12. The second kappa shape index (κ2) is 6.64. The Bertz CT molecular complexity index is 944. The van der Waals surface area contributed by atoms with Crippen molar-refractivity contribution in [3.05, 3.63) is 71.8 Å². The fraction of sp³-hybridized carbons (Fsp3) is 0.111. The molecule has 2 aliphatic rings. The Hall–Kier alpha value is -3.13. The highest BCUT2D eigenvalue weighted by atomic mass is 32.2. The standard InChI is InChI=1S/C18H16N4O3S/c1-24-17-10-16(13-7-8-21-15(9-13)11-19-26-21)20-22(17)14-5-3-12(4-6-14)18(23)25-2/h3-11,19H,1-2H3. The quantitative estimate of drug-likeness (QED) is 0.657. The summed E-state index contributed by atoms with van der Waals surface area (Å²) < 4.78 is 17.0. The molecule has 0 unspecified atom stereocenters. The van der Waals surface area contributed by atoms with Crippen molar-refractivity contribution in [2.24, 2.45) is 0 Å². The van der Waals surface area contributed by atoms with Crippen LogP contribution in [0, 0.1) is 0 Å². The van der Waals surface area contributed by atoms with Gasteiger partial charge in [0.15, 0.2) is 0 Å². The van der Waals surface area contributed by atoms with Crippen LogP contribution in [0.15, 0.2) is 60.6 Å². The molecule has 0 saturated heterocycles. The molecule has 132 valence electrons. The third kappa shape index (κ3) is 2.84. The molecule has 3 heterocycles. The minimum absolute atomic E-state index is 0.372. The first-order chi connectivity index (χ1) is 12.7. The van der Waals surface area contributed by atoms with Gasteiger partial charge in [-0.05, 0) is 36.4 Å². The summed E-state index contributed by atoms with van der Waals surface area (Å²) in [5.74, 6) is 0.235. The van der Waals surface area contributed by atoms with Crippen LogP contribution in [-0.2, 0) is 4.74 Å². The molecule has 0 fully saturated rings. The van der Waals surface area contributed by atoms with Gasteiger partial charge in [0.1, 0.15) is 0 Å². The maximum absolute atomic E-state index is 11.6. The zero-order valence-corrected chi connectivity index (χ0v) is 15.0. The van der Waals surface area contributed by atoms with E-state index in [0.29, 0.717) is 11.4 Å². The Morgan fingerprint density at radius 1 is 1.23 bits per heavy atom. The van der Waals surface area contributed by atoms with Crippen LogP contribution in [-0.4, -0.2) is 34.3 Å². The van der Waals surface area contributed by atoms with Gasteiger partial charge in [0.05, 0.1) is 49.0 Å². The van der Waals surface area contributed by atoms with Crippen LogP contribution >= 0.6 is 12.1 Å². The lowest BCUT2D eigenvalue weighted by Crippen LogP contribution is -2.06. The topological polar surface area (TPSA) is 68.6 Å². The minimum atomic E-state index is -0.372. The summed E-state index contributed by atoms with van der Waals surface area (Å²) in [7, 11) is 2.96. The van der Waals surface area contributed by atoms with Crippen molar-refractivity contribution in [2.75, 3.05) is 14.2 Å². The molecule has 2 aromatic rings. The Balaban J connectivity index is 1.68. The average Bonchev–Trinajstić information content (AvgIpc) is 3.33. The van der Waals surface area contributed by atoms with Gasteiger partial charge < -0.3 is 14.2 Å². The number of nitrogens with one attached hydrogen (secondary N) is 1. The summed E-state index contributed by atoms with van der Waals surface area (Å²) in [4.78, 5) is 11.6. The molecule has 1 N–H and O–H groups in total. The smallest absolute Gasteiger partial charge is 0.337 e. The molecule has 7 nitrogen and oxygen atoms in total. The highest BCUT2D eigenvalue weighted by molar-refractivity contribution is 7.95. The fourth-order valence-corrected chi connectivity index (χ4v) is 3.31. The van der Waals surface area contributed by atoms with Crippen molar-refractivity contribution in [2.45, 2.75) is 0 Å². The highest BCUT2D eigenvalue weighted by Gasteiger charge is 2.19. The van der Waals surface area contributed by atoms with Gasteiger partial charge in [-0.3, -0.25) is 4.31 Å². The van der Waals surface area contributed by atoms with Gasteiger partial charge in [-0.15, -0.1) is 0 Å². The summed E-state index contributed by atoms with van der Waals surface area (Å²) in [6.45, 7) is 0. The Labute approximate surface area is 154 Å². The molecule has 2 aliphatic heterocycles. The molecular weight excluding hydrogens is 352 g/mol. The lowest BCUT2D eigenvalue weighted by Gasteiger charge is -2.16. The van der Waals surface area contributed by atoms with E-state index < -0.39 is 0 Å². The van der Waals surface area contributed by atoms with Crippen molar-refractivity contribution in [1.82, 2.24) is 18.8 Å². The molecule has 0 aliphatic carbocycles. The molecule has 0 spiro atoms. The van der Waals surface area contributed by atoms with E-state index in [1.807, 2.05) is 28.8 Å². The van der Waals surface area contributed by atoms with E-state index >= 15 is 0 Å². The van der Waals surface area contributed by atoms with Gasteiger partial charge in [-0.1, -0.05) is 0 Å². The molecule has 1 aromatic heterocycles. The number of hydrogen-bond acceptors (Lipinski definition) is 7. The number of methoxy groups -OCH3 is 2. The zero-order valence-electron chi connectivity index (χ0n) is 14.2. The lowest BCUT2D eigenvalue weighted by atomic mass is 10.1. The molecule has 0 bridgehead atoms. The second-order valence-electron chi connectivity index (χ2n) is 5.54. The Morgan fingerprint density at radius 3 is 2.77 bits per heavy atom. The van der Waals surface area contributed by atoms with Crippen molar-refractivity contribution >= 4 is 23.7 Å². The van der Waals surface area contributed by atoms with E-state index in [4.69, 9.17) is 9.47 Å². The number of aromatic nitrogens is 2. The van der Waals surface area contributed by atoms with Gasteiger partial charge in [-0.2, -0.15) is 5.10 Å². The van der Waals surface area contributed by atoms with Gasteiger partial charge in [-0.25, -0.2) is 9.48 Å². The van der Waals surface area contributed by atoms with E-state index in [1.54, 1.807) is 36.1 Å². The molecule has 0 saturated carbocycles. The van der Waals surface area contributed by atoms with Gasteiger partial charge in [0, 0.05) is 24.0 Å². The van der Waals surface area contributed by atoms with E-state index in [1.165, 1.54) is 19.2 Å². The minimum Gasteiger partial charge on any atom is -0.481 e. The molecule has 0 amide bonds. The van der Waals surface area contributed by atoms with Crippen molar-refractivity contribution in [1.29, 1.82) is 0 Å². The lowest BCUT2D eigenvalue weighted by molar-refractivity contribution is 0.0600. The van der Waals surface area contributed by atoms with Crippen LogP contribution in [0.25, 0.3) is 11.3 Å². The summed E-state index contributed by atoms with van der Waals surface area (Å²) >= 11 is 1.51. The zero-order chi connectivity index (χ0) is 18.1. The largest absolute Gasteiger partial charge is 0.481 e. The van der Waals surface area contributed by atoms with E-state index in [9.17, 15) is 4.79 Å². The number of hydrogen-bond donors (Lipinski definition) is 1. The second-order valence-corrected chi connectivity index (χ2v) is 6.35. The van der Waals surface area contributed by atoms with Crippen LogP contribution in [0.4, 0.5) is 0 Å². The van der Waals surface area contributed by atoms with E-state index in [2.05, 4.69) is 15.9 Å². The molecule has 0 atom stereocenters. The van der Waals surface area contributed by atoms with Crippen LogP contribution < -0.4 is 9.46 Å². The first-order valence-corrected chi connectivity index (χ1v) is 8.62. The predicted molar refractivity (Wildman–Crippen MR) is 99.2 cm³/mol. The molecule has 4 rings (SSSR count). The van der Waals surface area contributed by atoms with Crippen LogP contribution in [0.2, 0.25) is 0 Å². The number of carbonyl (C=O) groups excluding carboxylic acids is 1. The first kappa shape index (κ1) is 16.3. The SMILES string of the molecule is COC(=O)c1ccc(-n2nc(C3=CC4=CNSN4C=C3)cc2OC)cc1. The summed E-state index contributed by atoms with van der Waals surface area (Å²) in [6.07, 6.45) is 7.99. The number of ether oxygens (including phenoxy) is 2. The number of nitrogens with zero attached hydrogens (tertiary/aromatic N) is 3. The van der Waals surface area contributed by atoms with Gasteiger partial charge >= 0.3 is 5.97 Å². The monoisotopic (exact) mass is 368 g/mol. The molecule has 0 radical (unpaired) electrons. The van der Waals surface area contributed by atoms with E-state index in [0.717, 1.165) is 22.7 Å². The van der Waals surface area contributed by atoms with Crippen molar-refractivity contribution in [3.63, 3.8) is 0 Å². The highest BCUT2D eigenvalue weighted by Crippen LogP contribution is 2.32. The first-order valence-electron chi connectivity index (χ1n) is 7.84. The number of esters is 1. The fourth-order valence-electron chi connectivity index (χ4n) is 2.69. The van der Waals surface area contributed by atoms with Crippen LogP contribution in [0.1, 0.15) is 16.1 Å². The normalized spacial score (nSPS) is 15.1. The maximum Gasteiger partial charge on any atom is 0.337 e. The molecule has 26 heavy (non-hydrogen) atoms. The number of carbonyl (C=O) groups is 1. The average molecular weight is 368 g/mol. The number of benzene rings is 1.